The molecule has 3 rings (SSSR count). The third-order valence-electron chi connectivity index (χ3n) is 3.45. The number of hydrogen-bond donors (Lipinski definition) is 0. The van der Waals surface area contributed by atoms with Gasteiger partial charge in [-0.2, -0.15) is 26.3 Å². The lowest BCUT2D eigenvalue weighted by atomic mass is 9.99. The third kappa shape index (κ3) is 3.28. The standard InChI is InChI=1S/C15H6Cl2F6N2/c16-8-2-3-9(10(6-8)14(18,19)20)7-1-4-11-12(5-7)25(17)13(24-11)15(21,22)23/h1-6H. The molecule has 0 saturated carbocycles. The number of halogens is 8. The van der Waals surface area contributed by atoms with Crippen LogP contribution in [0.2, 0.25) is 5.02 Å². The first kappa shape index (κ1) is 17.9. The lowest BCUT2D eigenvalue weighted by Crippen LogP contribution is -2.10. The first-order chi connectivity index (χ1) is 11.5. The van der Waals surface area contributed by atoms with Gasteiger partial charge in [-0.15, -0.1) is 0 Å². The zero-order chi connectivity index (χ0) is 18.6. The Labute approximate surface area is 146 Å². The van der Waals surface area contributed by atoms with Crippen LogP contribution in [0.4, 0.5) is 26.3 Å². The fourth-order valence-corrected chi connectivity index (χ4v) is 2.83. The number of fused-ring (bicyclic) bond motifs is 1. The van der Waals surface area contributed by atoms with Gasteiger partial charge in [-0.1, -0.05) is 23.7 Å². The Balaban J connectivity index is 2.23. The molecule has 1 heterocycles. The van der Waals surface area contributed by atoms with Gasteiger partial charge in [-0.05, 0) is 35.4 Å². The molecule has 0 atom stereocenters. The van der Waals surface area contributed by atoms with Gasteiger partial charge in [0.15, 0.2) is 0 Å². The smallest absolute Gasteiger partial charge is 0.230 e. The van der Waals surface area contributed by atoms with Gasteiger partial charge >= 0.3 is 12.4 Å². The van der Waals surface area contributed by atoms with Gasteiger partial charge in [0.1, 0.15) is 0 Å². The largest absolute Gasteiger partial charge is 0.451 e. The molecule has 0 radical (unpaired) electrons. The Morgan fingerprint density at radius 1 is 0.880 bits per heavy atom. The number of hydrogen-bond acceptors (Lipinski definition) is 1. The van der Waals surface area contributed by atoms with E-state index in [1.165, 1.54) is 18.2 Å². The number of benzene rings is 2. The Hall–Kier alpha value is -1.93. The van der Waals surface area contributed by atoms with Crippen molar-refractivity contribution in [2.75, 3.05) is 0 Å². The van der Waals surface area contributed by atoms with Crippen molar-refractivity contribution in [1.82, 2.24) is 9.07 Å². The summed E-state index contributed by atoms with van der Waals surface area (Å²) in [6, 6.07) is 6.68. The van der Waals surface area contributed by atoms with E-state index < -0.39 is 23.7 Å². The second-order valence-corrected chi connectivity index (χ2v) is 5.88. The fourth-order valence-electron chi connectivity index (χ4n) is 2.39. The van der Waals surface area contributed by atoms with Crippen LogP contribution in [0.1, 0.15) is 11.4 Å². The summed E-state index contributed by atoms with van der Waals surface area (Å²) >= 11 is 11.3. The van der Waals surface area contributed by atoms with Crippen molar-refractivity contribution >= 4 is 34.4 Å². The molecule has 25 heavy (non-hydrogen) atoms. The molecule has 0 N–H and O–H groups in total. The van der Waals surface area contributed by atoms with Crippen LogP contribution in [0.15, 0.2) is 36.4 Å². The highest BCUT2D eigenvalue weighted by molar-refractivity contribution is 6.30. The number of nitrogens with zero attached hydrogens (tertiary/aromatic N) is 2. The maximum Gasteiger partial charge on any atom is 0.451 e. The van der Waals surface area contributed by atoms with Crippen LogP contribution in [0.3, 0.4) is 0 Å². The average molecular weight is 399 g/mol. The molecule has 10 heteroatoms. The minimum absolute atomic E-state index is 0.0343. The topological polar surface area (TPSA) is 17.8 Å². The van der Waals surface area contributed by atoms with E-state index in [-0.39, 0.29) is 31.3 Å². The van der Waals surface area contributed by atoms with E-state index in [0.29, 0.717) is 0 Å². The van der Waals surface area contributed by atoms with Crippen LogP contribution >= 0.6 is 23.4 Å². The van der Waals surface area contributed by atoms with Crippen molar-refractivity contribution in [2.45, 2.75) is 12.4 Å². The summed E-state index contributed by atoms with van der Waals surface area (Å²) in [6.45, 7) is 0. The van der Waals surface area contributed by atoms with Crippen LogP contribution in [-0.2, 0) is 12.4 Å². The Morgan fingerprint density at radius 2 is 1.56 bits per heavy atom. The van der Waals surface area contributed by atoms with E-state index in [2.05, 4.69) is 4.98 Å². The van der Waals surface area contributed by atoms with Crippen molar-refractivity contribution in [1.29, 1.82) is 0 Å². The lowest BCUT2D eigenvalue weighted by molar-refractivity contribution is -0.145. The number of alkyl halides is 6. The van der Waals surface area contributed by atoms with Crippen LogP contribution in [0.5, 0.6) is 0 Å². The predicted molar refractivity (Wildman–Crippen MR) is 81.4 cm³/mol. The molecule has 2 aromatic carbocycles. The van der Waals surface area contributed by atoms with Gasteiger partial charge in [0.2, 0.25) is 5.82 Å². The maximum absolute atomic E-state index is 13.2. The lowest BCUT2D eigenvalue weighted by Gasteiger charge is -2.13. The minimum atomic E-state index is -4.79. The summed E-state index contributed by atoms with van der Waals surface area (Å²) in [6.07, 6.45) is -9.48. The number of rotatable bonds is 1. The molecule has 0 aliphatic carbocycles. The highest BCUT2D eigenvalue weighted by Crippen LogP contribution is 2.40. The van der Waals surface area contributed by atoms with Gasteiger partial charge in [0.05, 0.1) is 16.6 Å². The molecular formula is C15H6Cl2F6N2. The first-order valence-electron chi connectivity index (χ1n) is 6.61. The number of imidazole rings is 1. The summed E-state index contributed by atoms with van der Waals surface area (Å²) in [4.78, 5) is 3.37. The highest BCUT2D eigenvalue weighted by atomic mass is 35.5. The third-order valence-corrected chi connectivity index (χ3v) is 4.03. The van der Waals surface area contributed by atoms with Gasteiger partial charge in [-0.25, -0.2) is 9.07 Å². The molecule has 0 aliphatic rings. The van der Waals surface area contributed by atoms with E-state index in [1.54, 1.807) is 0 Å². The van der Waals surface area contributed by atoms with Crippen LogP contribution < -0.4 is 0 Å². The van der Waals surface area contributed by atoms with E-state index in [4.69, 9.17) is 23.4 Å². The molecule has 1 aromatic heterocycles. The summed E-state index contributed by atoms with van der Waals surface area (Å²) in [7, 11) is 0. The SMILES string of the molecule is FC(F)(F)c1cc(Cl)ccc1-c1ccc2nc(C(F)(F)F)n(Cl)c2c1. The highest BCUT2D eigenvalue weighted by Gasteiger charge is 2.38. The molecule has 0 amide bonds. The number of aromatic nitrogens is 2. The maximum atomic E-state index is 13.2. The van der Waals surface area contributed by atoms with Gasteiger partial charge in [0, 0.05) is 16.8 Å². The molecule has 2 nitrogen and oxygen atoms in total. The molecule has 0 unspecified atom stereocenters. The minimum Gasteiger partial charge on any atom is -0.230 e. The first-order valence-corrected chi connectivity index (χ1v) is 7.33. The van der Waals surface area contributed by atoms with E-state index in [9.17, 15) is 26.3 Å². The van der Waals surface area contributed by atoms with E-state index >= 15 is 0 Å². The summed E-state index contributed by atoms with van der Waals surface area (Å²) < 4.78 is 78.5. The van der Waals surface area contributed by atoms with Crippen molar-refractivity contribution in [3.8, 4) is 11.1 Å². The predicted octanol–water partition coefficient (Wildman–Crippen LogP) is 6.40. The van der Waals surface area contributed by atoms with Crippen LogP contribution in [0.25, 0.3) is 22.2 Å². The monoisotopic (exact) mass is 398 g/mol. The molecule has 132 valence electrons. The Kier molecular flexibility index (Phi) is 4.15. The van der Waals surface area contributed by atoms with Crippen LogP contribution in [-0.4, -0.2) is 9.07 Å². The quantitative estimate of drug-likeness (QED) is 0.434. The van der Waals surface area contributed by atoms with E-state index in [0.717, 1.165) is 18.2 Å². The van der Waals surface area contributed by atoms with Crippen LogP contribution in [0, 0.1) is 0 Å². The van der Waals surface area contributed by atoms with Gasteiger partial charge in [-0.3, -0.25) is 0 Å². The van der Waals surface area contributed by atoms with E-state index in [1.807, 2.05) is 0 Å². The second-order valence-electron chi connectivity index (χ2n) is 5.11. The molecule has 0 bridgehead atoms. The summed E-state index contributed by atoms with van der Waals surface area (Å²) in [5.41, 5.74) is -1.45. The molecule has 0 spiro atoms. The zero-order valence-corrected chi connectivity index (χ0v) is 13.4. The van der Waals surface area contributed by atoms with Crippen molar-refractivity contribution in [3.63, 3.8) is 0 Å². The fraction of sp³-hybridized carbons (Fsp3) is 0.133. The molecule has 0 saturated heterocycles. The Bertz CT molecular complexity index is 959. The average Bonchev–Trinajstić information content (AvgIpc) is 2.83. The van der Waals surface area contributed by atoms with Crippen molar-refractivity contribution < 1.29 is 26.3 Å². The summed E-state index contributed by atoms with van der Waals surface area (Å²) in [5, 5.41) is -0.112. The molecular weight excluding hydrogens is 393 g/mol. The van der Waals surface area contributed by atoms with Crippen molar-refractivity contribution in [3.05, 3.63) is 52.8 Å². The summed E-state index contributed by atoms with van der Waals surface area (Å²) in [5.74, 6) is -1.35. The molecule has 0 aliphatic heterocycles. The zero-order valence-electron chi connectivity index (χ0n) is 11.9. The molecule has 3 aromatic rings. The second kappa shape index (κ2) is 5.81. The van der Waals surface area contributed by atoms with Gasteiger partial charge in [0.25, 0.3) is 0 Å². The van der Waals surface area contributed by atoms with Crippen molar-refractivity contribution in [2.24, 2.45) is 0 Å². The van der Waals surface area contributed by atoms with Gasteiger partial charge < -0.3 is 0 Å². The normalized spacial score (nSPS) is 12.8. The molecule has 0 fully saturated rings. The Morgan fingerprint density at radius 3 is 2.16 bits per heavy atom.